The third kappa shape index (κ3) is 18.9. The van der Waals surface area contributed by atoms with Crippen molar-refractivity contribution in [1.82, 2.24) is 0 Å². The highest BCUT2D eigenvalue weighted by Gasteiger charge is 2.52. The molecule has 1 fully saturated rings. The van der Waals surface area contributed by atoms with Gasteiger partial charge in [0.15, 0.2) is 24.6 Å². The van der Waals surface area contributed by atoms with Crippen LogP contribution in [0.3, 0.4) is 0 Å². The largest absolute Gasteiger partial charge is 0.463 e. The Hall–Kier alpha value is -6.11. The molecule has 5 unspecified atom stereocenters. The summed E-state index contributed by atoms with van der Waals surface area (Å²) in [7, 11) is 0. The van der Waals surface area contributed by atoms with Gasteiger partial charge in [0.1, 0.15) is 38.4 Å². The Morgan fingerprint density at radius 2 is 1.11 bits per heavy atom. The lowest BCUT2D eigenvalue weighted by molar-refractivity contribution is -0.479. The molecule has 25 heteroatoms. The minimum Gasteiger partial charge on any atom is -0.463 e. The third-order valence-electron chi connectivity index (χ3n) is 6.69. The third-order valence-corrected chi connectivity index (χ3v) is 6.69. The maximum Gasteiger partial charge on any atom is 0.338 e. The number of anilines is 1. The number of nitrogens with two attached hydrogens (primary N) is 1. The van der Waals surface area contributed by atoms with Gasteiger partial charge < -0.3 is 39.3 Å². The normalized spacial score (nSPS) is 18.7. The average Bonchev–Trinajstić information content (AvgIpc) is 3.10. The highest BCUT2D eigenvalue weighted by molar-refractivity contribution is 5.89. The molecule has 0 saturated carbocycles. The van der Waals surface area contributed by atoms with Crippen LogP contribution in [0.5, 0.6) is 0 Å². The molecule has 0 radical (unpaired) electrons. The maximum atomic E-state index is 12.3. The Morgan fingerprint density at radius 3 is 1.56 bits per heavy atom. The number of rotatable bonds is 21. The Bertz CT molecular complexity index is 1470. The average molecular weight is 778 g/mol. The van der Waals surface area contributed by atoms with E-state index in [1.807, 2.05) is 0 Å². The van der Waals surface area contributed by atoms with Gasteiger partial charge in [-0.05, 0) is 30.7 Å². The van der Waals surface area contributed by atoms with Gasteiger partial charge in [0, 0.05) is 25.4 Å². The van der Waals surface area contributed by atoms with E-state index in [-0.39, 0.29) is 5.97 Å². The van der Waals surface area contributed by atoms with Crippen molar-refractivity contribution >= 4 is 35.5 Å². The van der Waals surface area contributed by atoms with Gasteiger partial charge in [0.05, 0.1) is 12.2 Å². The van der Waals surface area contributed by atoms with Crippen LogP contribution in [-0.2, 0) is 47.6 Å². The minimum atomic E-state index is -2.22. The number of benzene rings is 1. The number of unbranched alkanes of at least 4 members (excludes halogenated alkanes) is 1. The van der Waals surface area contributed by atoms with E-state index in [9.17, 15) is 69.5 Å². The number of aliphatic hydroxyl groups excluding tert-OH is 1. The topological polar surface area (TPSA) is 360 Å². The van der Waals surface area contributed by atoms with Gasteiger partial charge in [-0.2, -0.15) is 0 Å². The van der Waals surface area contributed by atoms with E-state index in [0.29, 0.717) is 17.9 Å². The van der Waals surface area contributed by atoms with Crippen molar-refractivity contribution in [2.24, 2.45) is 0 Å². The van der Waals surface area contributed by atoms with Crippen molar-refractivity contribution in [3.05, 3.63) is 70.3 Å². The van der Waals surface area contributed by atoms with Gasteiger partial charge in [-0.25, -0.2) is 4.79 Å². The molecule has 1 aliphatic rings. The molecule has 54 heavy (non-hydrogen) atoms. The predicted molar refractivity (Wildman–Crippen MR) is 173 cm³/mol. The lowest BCUT2D eigenvalue weighted by Crippen LogP contribution is -2.62. The standard InChI is InChI=1S/C18H24N4O18.C11H15NO2/c23-11(1-5-19(28)29)36-9-10-15(38-12(24)2-6-20(30)31)16(39-13(25)3-7-21(32)33)17(18(27)37-10)40-14(26)4-8-22(34)35;1-2-3-8-14-11(13)9-4-6-10(12)7-5-9/h10,15-18,27H,1-9H2;4-7H,2-3,8,12H2,1H3. The summed E-state index contributed by atoms with van der Waals surface area (Å²) >= 11 is 0. The number of aliphatic hydroxyl groups is 1. The first kappa shape index (κ1) is 45.9. The first-order valence-electron chi connectivity index (χ1n) is 16.0. The van der Waals surface area contributed by atoms with E-state index in [1.165, 1.54) is 0 Å². The van der Waals surface area contributed by atoms with Gasteiger partial charge in [-0.1, -0.05) is 13.3 Å². The highest BCUT2D eigenvalue weighted by atomic mass is 16.7. The zero-order chi connectivity index (χ0) is 40.8. The predicted octanol–water partition coefficient (Wildman–Crippen LogP) is -0.125. The Labute approximate surface area is 304 Å². The highest BCUT2D eigenvalue weighted by Crippen LogP contribution is 2.29. The van der Waals surface area contributed by atoms with E-state index in [4.69, 9.17) is 34.2 Å². The summed E-state index contributed by atoms with van der Waals surface area (Å²) in [5.41, 5.74) is 6.70. The summed E-state index contributed by atoms with van der Waals surface area (Å²) in [5.74, 6) is -5.34. The van der Waals surface area contributed by atoms with Crippen LogP contribution in [-0.4, -0.2) is 125 Å². The number of nitrogen functional groups attached to an aromatic ring is 1. The molecule has 1 aliphatic heterocycles. The van der Waals surface area contributed by atoms with Crippen LogP contribution in [0.2, 0.25) is 0 Å². The zero-order valence-electron chi connectivity index (χ0n) is 28.8. The van der Waals surface area contributed by atoms with Crippen molar-refractivity contribution < 1.29 is 77.2 Å². The monoisotopic (exact) mass is 777 g/mol. The second-order valence-corrected chi connectivity index (χ2v) is 10.9. The van der Waals surface area contributed by atoms with Gasteiger partial charge in [-0.3, -0.25) is 59.6 Å². The number of nitro groups is 4. The maximum absolute atomic E-state index is 12.3. The summed E-state index contributed by atoms with van der Waals surface area (Å²) in [6, 6.07) is 6.72. The zero-order valence-corrected chi connectivity index (χ0v) is 28.8. The number of hydrogen-bond donors (Lipinski definition) is 2. The van der Waals surface area contributed by atoms with Crippen LogP contribution in [0.4, 0.5) is 5.69 Å². The Morgan fingerprint density at radius 1 is 0.685 bits per heavy atom. The van der Waals surface area contributed by atoms with Gasteiger partial charge in [0.25, 0.3) is 0 Å². The van der Waals surface area contributed by atoms with E-state index in [2.05, 4.69) is 6.92 Å². The van der Waals surface area contributed by atoms with Gasteiger partial charge in [-0.15, -0.1) is 0 Å². The molecule has 1 aromatic carbocycles. The molecule has 1 aromatic rings. The number of carbonyl (C=O) groups is 5. The first-order chi connectivity index (χ1) is 25.4. The molecule has 0 aliphatic carbocycles. The molecule has 1 saturated heterocycles. The molecule has 0 aromatic heterocycles. The van der Waals surface area contributed by atoms with Crippen LogP contribution < -0.4 is 5.73 Å². The lowest BCUT2D eigenvalue weighted by atomic mass is 9.98. The number of hydrogen-bond acceptors (Lipinski definition) is 21. The fraction of sp³-hybridized carbons (Fsp3) is 0.621. The Kier molecular flexibility index (Phi) is 20.6. The van der Waals surface area contributed by atoms with Crippen LogP contribution in [0.25, 0.3) is 0 Å². The molecule has 0 spiro atoms. The number of esters is 5. The van der Waals surface area contributed by atoms with Crippen molar-refractivity contribution in [3.63, 3.8) is 0 Å². The minimum absolute atomic E-state index is 0.279. The number of nitrogens with zero attached hydrogens (tertiary/aromatic N) is 4. The summed E-state index contributed by atoms with van der Waals surface area (Å²) in [6.45, 7) is -1.92. The molecule has 0 amide bonds. The summed E-state index contributed by atoms with van der Waals surface area (Å²) < 4.78 is 30.1. The number of carbonyl (C=O) groups excluding carboxylic acids is 5. The van der Waals surface area contributed by atoms with Gasteiger partial charge >= 0.3 is 29.8 Å². The fourth-order valence-electron chi connectivity index (χ4n) is 4.05. The van der Waals surface area contributed by atoms with E-state index >= 15 is 0 Å². The van der Waals surface area contributed by atoms with Crippen LogP contribution in [0, 0.1) is 40.5 Å². The molecule has 300 valence electrons. The van der Waals surface area contributed by atoms with Crippen LogP contribution in [0.15, 0.2) is 24.3 Å². The SMILES string of the molecule is CCCCOC(=O)c1ccc(N)cc1.O=C(CC[N+](=O)[O-])OCC1OC(O)C(OC(=O)CC[N+](=O)[O-])C(OC(=O)CC[N+](=O)[O-])C1OC(=O)CC[N+](=O)[O-]. The molecule has 2 rings (SSSR count). The molecular formula is C29H39N5O20. The van der Waals surface area contributed by atoms with Crippen molar-refractivity contribution in [2.75, 3.05) is 45.1 Å². The van der Waals surface area contributed by atoms with Crippen LogP contribution in [0.1, 0.15) is 55.8 Å². The molecule has 0 bridgehead atoms. The second-order valence-electron chi connectivity index (χ2n) is 10.9. The lowest BCUT2D eigenvalue weighted by Gasteiger charge is -2.42. The first-order valence-corrected chi connectivity index (χ1v) is 16.0. The molecule has 5 atom stereocenters. The molecule has 25 nitrogen and oxygen atoms in total. The summed E-state index contributed by atoms with van der Waals surface area (Å²) in [4.78, 5) is 98.6. The Balaban J connectivity index is 0.000000866. The van der Waals surface area contributed by atoms with Crippen molar-refractivity contribution in [3.8, 4) is 0 Å². The quantitative estimate of drug-likeness (QED) is 0.0410. The van der Waals surface area contributed by atoms with Crippen LogP contribution >= 0.6 is 0 Å². The summed E-state index contributed by atoms with van der Waals surface area (Å²) in [5, 5.41) is 52.7. The fourth-order valence-corrected chi connectivity index (χ4v) is 4.05. The van der Waals surface area contributed by atoms with Crippen molar-refractivity contribution in [1.29, 1.82) is 0 Å². The molecule has 1 heterocycles. The van der Waals surface area contributed by atoms with Crippen molar-refractivity contribution in [2.45, 2.75) is 76.2 Å². The van der Waals surface area contributed by atoms with Gasteiger partial charge in [0.2, 0.25) is 26.2 Å². The van der Waals surface area contributed by atoms with E-state index in [0.717, 1.165) is 12.8 Å². The van der Waals surface area contributed by atoms with E-state index < -0.39 is 133 Å². The molecular weight excluding hydrogens is 738 g/mol. The smallest absolute Gasteiger partial charge is 0.338 e. The number of ether oxygens (including phenoxy) is 6. The van der Waals surface area contributed by atoms with E-state index in [1.54, 1.807) is 24.3 Å². The second kappa shape index (κ2) is 24.2. The summed E-state index contributed by atoms with van der Waals surface area (Å²) in [6.07, 6.45) is -11.2. The molecule has 3 N–H and O–H groups in total.